The summed E-state index contributed by atoms with van der Waals surface area (Å²) in [5.41, 5.74) is 2.23. The van der Waals surface area contributed by atoms with Gasteiger partial charge in [-0.05, 0) is 57.5 Å². The van der Waals surface area contributed by atoms with E-state index in [1.54, 1.807) is 0 Å². The molecule has 2 rings (SSSR count). The number of nitrogens with zero attached hydrogens (tertiary/aromatic N) is 1. The molecule has 0 aliphatic rings. The van der Waals surface area contributed by atoms with Crippen LogP contribution in [0.4, 0.5) is 0 Å². The van der Waals surface area contributed by atoms with Gasteiger partial charge in [0.15, 0.2) is 0 Å². The highest BCUT2D eigenvalue weighted by Gasteiger charge is 2.10. The number of imidazole rings is 1. The van der Waals surface area contributed by atoms with Crippen LogP contribution in [0.5, 0.6) is 5.75 Å². The average molecular weight is 273 g/mol. The van der Waals surface area contributed by atoms with Crippen LogP contribution < -0.4 is 10.1 Å². The van der Waals surface area contributed by atoms with Gasteiger partial charge in [-0.3, -0.25) is 0 Å². The molecule has 0 aliphatic heterocycles. The first-order valence-corrected chi connectivity index (χ1v) is 7.00. The number of H-pyrrole nitrogens is 1. The Hall–Kier alpha value is -1.81. The van der Waals surface area contributed by atoms with Crippen molar-refractivity contribution in [1.29, 1.82) is 0 Å². The Balaban J connectivity index is 2.04. The highest BCUT2D eigenvalue weighted by atomic mass is 16.5. The lowest BCUT2D eigenvalue weighted by molar-refractivity contribution is 0.340. The van der Waals surface area contributed by atoms with Gasteiger partial charge >= 0.3 is 0 Å². The summed E-state index contributed by atoms with van der Waals surface area (Å²) >= 11 is 0. The fourth-order valence-corrected chi connectivity index (χ4v) is 1.85. The van der Waals surface area contributed by atoms with Gasteiger partial charge in [-0.1, -0.05) is 0 Å². The van der Waals surface area contributed by atoms with Crippen LogP contribution in [0.25, 0.3) is 11.3 Å². The van der Waals surface area contributed by atoms with Gasteiger partial charge in [0.1, 0.15) is 11.6 Å². The first-order valence-electron chi connectivity index (χ1n) is 7.00. The second kappa shape index (κ2) is 6.09. The predicted octanol–water partition coefficient (Wildman–Crippen LogP) is 3.36. The average Bonchev–Trinajstić information content (AvgIpc) is 2.86. The zero-order valence-corrected chi connectivity index (χ0v) is 12.7. The van der Waals surface area contributed by atoms with Crippen molar-refractivity contribution >= 4 is 0 Å². The molecule has 0 unspecified atom stereocenters. The van der Waals surface area contributed by atoms with E-state index < -0.39 is 0 Å². The molecular formula is C16H23N3O. The summed E-state index contributed by atoms with van der Waals surface area (Å²) in [6.07, 6.45) is 1.87. The first kappa shape index (κ1) is 14.6. The molecule has 2 N–H and O–H groups in total. The zero-order chi connectivity index (χ0) is 14.6. The molecule has 0 saturated heterocycles. The fourth-order valence-electron chi connectivity index (χ4n) is 1.85. The van der Waals surface area contributed by atoms with E-state index in [-0.39, 0.29) is 5.54 Å². The van der Waals surface area contributed by atoms with Gasteiger partial charge in [-0.15, -0.1) is 0 Å². The van der Waals surface area contributed by atoms with E-state index in [2.05, 4.69) is 36.1 Å². The van der Waals surface area contributed by atoms with E-state index >= 15 is 0 Å². The summed E-state index contributed by atoms with van der Waals surface area (Å²) in [6, 6.07) is 8.04. The largest absolute Gasteiger partial charge is 0.494 e. The number of aromatic nitrogens is 2. The Morgan fingerprint density at radius 3 is 2.50 bits per heavy atom. The lowest BCUT2D eigenvalue weighted by Crippen LogP contribution is -2.35. The highest BCUT2D eigenvalue weighted by Crippen LogP contribution is 2.21. The highest BCUT2D eigenvalue weighted by molar-refractivity contribution is 5.59. The molecule has 0 atom stereocenters. The maximum Gasteiger partial charge on any atom is 0.120 e. The van der Waals surface area contributed by atoms with Gasteiger partial charge in [0.05, 0.1) is 25.0 Å². The van der Waals surface area contributed by atoms with Crippen LogP contribution in [0.15, 0.2) is 30.5 Å². The molecule has 0 amide bonds. The van der Waals surface area contributed by atoms with Crippen molar-refractivity contribution in [2.75, 3.05) is 6.61 Å². The standard InChI is InChI=1S/C16H23N3O/c1-5-20-13-8-6-12(7-9-13)14-10-17-15(19-14)11-18-16(2,3)4/h6-10,18H,5,11H2,1-4H3,(H,17,19). The number of hydrogen-bond acceptors (Lipinski definition) is 3. The van der Waals surface area contributed by atoms with Crippen molar-refractivity contribution in [1.82, 2.24) is 15.3 Å². The minimum absolute atomic E-state index is 0.0894. The van der Waals surface area contributed by atoms with E-state index in [1.165, 1.54) is 0 Å². The van der Waals surface area contributed by atoms with Crippen molar-refractivity contribution in [2.24, 2.45) is 0 Å². The summed E-state index contributed by atoms with van der Waals surface area (Å²) < 4.78 is 5.44. The Bertz CT molecular complexity index is 538. The molecule has 4 nitrogen and oxygen atoms in total. The van der Waals surface area contributed by atoms with Crippen LogP contribution in [0.1, 0.15) is 33.5 Å². The second-order valence-corrected chi connectivity index (χ2v) is 5.80. The Kier molecular flexibility index (Phi) is 4.45. The molecule has 0 radical (unpaired) electrons. The van der Waals surface area contributed by atoms with Gasteiger partial charge in [0, 0.05) is 5.54 Å². The second-order valence-electron chi connectivity index (χ2n) is 5.80. The van der Waals surface area contributed by atoms with Gasteiger partial charge in [-0.25, -0.2) is 4.98 Å². The summed E-state index contributed by atoms with van der Waals surface area (Å²) in [5, 5.41) is 3.42. The SMILES string of the molecule is CCOc1ccc(-c2cnc(CNC(C)(C)C)[nH]2)cc1. The lowest BCUT2D eigenvalue weighted by Gasteiger charge is -2.19. The number of aromatic amines is 1. The van der Waals surface area contributed by atoms with Crippen LogP contribution in [0.2, 0.25) is 0 Å². The summed E-state index contributed by atoms with van der Waals surface area (Å²) in [5.74, 6) is 1.84. The van der Waals surface area contributed by atoms with Gasteiger partial charge in [0.2, 0.25) is 0 Å². The van der Waals surface area contributed by atoms with Crippen LogP contribution in [-0.2, 0) is 6.54 Å². The van der Waals surface area contributed by atoms with Crippen molar-refractivity contribution in [2.45, 2.75) is 39.8 Å². The third kappa shape index (κ3) is 4.10. The van der Waals surface area contributed by atoms with Gasteiger partial charge in [0.25, 0.3) is 0 Å². The molecule has 1 heterocycles. The third-order valence-corrected chi connectivity index (χ3v) is 2.89. The Morgan fingerprint density at radius 2 is 1.90 bits per heavy atom. The van der Waals surface area contributed by atoms with Crippen molar-refractivity contribution in [3.05, 3.63) is 36.3 Å². The van der Waals surface area contributed by atoms with E-state index in [1.807, 2.05) is 37.4 Å². The number of hydrogen-bond donors (Lipinski definition) is 2. The number of benzene rings is 1. The van der Waals surface area contributed by atoms with E-state index in [0.717, 1.165) is 29.4 Å². The minimum atomic E-state index is 0.0894. The van der Waals surface area contributed by atoms with E-state index in [9.17, 15) is 0 Å². The van der Waals surface area contributed by atoms with Crippen LogP contribution >= 0.6 is 0 Å². The topological polar surface area (TPSA) is 49.9 Å². The summed E-state index contributed by atoms with van der Waals surface area (Å²) in [7, 11) is 0. The first-order chi connectivity index (χ1) is 9.48. The van der Waals surface area contributed by atoms with Crippen LogP contribution in [0.3, 0.4) is 0 Å². The van der Waals surface area contributed by atoms with Crippen molar-refractivity contribution in [3.63, 3.8) is 0 Å². The predicted molar refractivity (Wildman–Crippen MR) is 81.8 cm³/mol. The maximum absolute atomic E-state index is 5.44. The monoisotopic (exact) mass is 273 g/mol. The van der Waals surface area contributed by atoms with E-state index in [0.29, 0.717) is 6.61 Å². The van der Waals surface area contributed by atoms with Crippen molar-refractivity contribution < 1.29 is 4.74 Å². The quantitative estimate of drug-likeness (QED) is 0.878. The molecule has 4 heteroatoms. The van der Waals surface area contributed by atoms with Crippen LogP contribution in [0, 0.1) is 0 Å². The Labute approximate surface area is 120 Å². The minimum Gasteiger partial charge on any atom is -0.494 e. The lowest BCUT2D eigenvalue weighted by atomic mass is 10.1. The molecule has 0 bridgehead atoms. The number of ether oxygens (including phenoxy) is 1. The number of rotatable bonds is 5. The Morgan fingerprint density at radius 1 is 1.20 bits per heavy atom. The van der Waals surface area contributed by atoms with E-state index in [4.69, 9.17) is 4.74 Å². The smallest absolute Gasteiger partial charge is 0.120 e. The summed E-state index contributed by atoms with van der Waals surface area (Å²) in [6.45, 7) is 9.83. The van der Waals surface area contributed by atoms with Gasteiger partial charge in [-0.2, -0.15) is 0 Å². The molecule has 1 aromatic heterocycles. The molecule has 0 spiro atoms. The number of nitrogens with one attached hydrogen (secondary N) is 2. The summed E-state index contributed by atoms with van der Waals surface area (Å²) in [4.78, 5) is 7.74. The third-order valence-electron chi connectivity index (χ3n) is 2.89. The molecule has 1 aromatic carbocycles. The molecular weight excluding hydrogens is 250 g/mol. The maximum atomic E-state index is 5.44. The molecule has 0 aliphatic carbocycles. The van der Waals surface area contributed by atoms with Crippen molar-refractivity contribution in [3.8, 4) is 17.0 Å². The van der Waals surface area contributed by atoms with Gasteiger partial charge < -0.3 is 15.0 Å². The molecule has 20 heavy (non-hydrogen) atoms. The normalized spacial score (nSPS) is 11.6. The van der Waals surface area contributed by atoms with Crippen LogP contribution in [-0.4, -0.2) is 22.1 Å². The fraction of sp³-hybridized carbons (Fsp3) is 0.438. The molecule has 2 aromatic rings. The molecule has 0 saturated carbocycles. The zero-order valence-electron chi connectivity index (χ0n) is 12.7. The molecule has 108 valence electrons. The molecule has 0 fully saturated rings.